The summed E-state index contributed by atoms with van der Waals surface area (Å²) in [7, 11) is 0. The molecule has 2 aromatic rings. The molecule has 0 unspecified atom stereocenters. The summed E-state index contributed by atoms with van der Waals surface area (Å²) in [5, 5.41) is 2.32. The number of benzene rings is 2. The van der Waals surface area contributed by atoms with Crippen LogP contribution < -0.4 is 5.32 Å². The summed E-state index contributed by atoms with van der Waals surface area (Å²) in [5.74, 6) is -5.51. The van der Waals surface area contributed by atoms with Crippen LogP contribution >= 0.6 is 23.4 Å². The first kappa shape index (κ1) is 16.6. The van der Waals surface area contributed by atoms with Gasteiger partial charge in [-0.2, -0.15) is 8.78 Å². The van der Waals surface area contributed by atoms with Crippen LogP contribution in [-0.2, 0) is 0 Å². The molecular formula is C14H8ClF4NOS. The molecule has 1 amide bonds. The summed E-state index contributed by atoms with van der Waals surface area (Å²) in [4.78, 5) is 11.9. The van der Waals surface area contributed by atoms with Crippen LogP contribution in [0.5, 0.6) is 0 Å². The van der Waals surface area contributed by atoms with Gasteiger partial charge in [0.2, 0.25) is 0 Å². The molecule has 0 heterocycles. The lowest BCUT2D eigenvalue weighted by molar-refractivity contribution is 0.102. The Balaban J connectivity index is 2.30. The third-order valence-corrected chi connectivity index (χ3v) is 3.88. The van der Waals surface area contributed by atoms with Crippen LogP contribution in [0.2, 0.25) is 5.02 Å². The summed E-state index contributed by atoms with van der Waals surface area (Å²) >= 11 is 5.99. The van der Waals surface area contributed by atoms with Crippen molar-refractivity contribution in [3.05, 3.63) is 58.6 Å². The highest BCUT2D eigenvalue weighted by Crippen LogP contribution is 2.37. The van der Waals surface area contributed by atoms with Crippen molar-refractivity contribution in [1.29, 1.82) is 0 Å². The number of anilines is 1. The van der Waals surface area contributed by atoms with Crippen molar-refractivity contribution in [2.24, 2.45) is 0 Å². The van der Waals surface area contributed by atoms with E-state index in [0.717, 1.165) is 12.1 Å². The molecule has 0 atom stereocenters. The molecule has 2 aromatic carbocycles. The summed E-state index contributed by atoms with van der Waals surface area (Å²) in [5.41, 5.74) is -0.388. The molecule has 0 fully saturated rings. The number of thioether (sulfide) groups is 1. The van der Waals surface area contributed by atoms with Gasteiger partial charge < -0.3 is 5.32 Å². The quantitative estimate of drug-likeness (QED) is 0.608. The molecule has 2 nitrogen and oxygen atoms in total. The van der Waals surface area contributed by atoms with Gasteiger partial charge in [-0.25, -0.2) is 8.78 Å². The monoisotopic (exact) mass is 349 g/mol. The third kappa shape index (κ3) is 3.92. The molecule has 116 valence electrons. The normalized spacial score (nSPS) is 10.8. The number of alkyl halides is 2. The molecular weight excluding hydrogens is 342 g/mol. The first-order valence-electron chi connectivity index (χ1n) is 5.88. The van der Waals surface area contributed by atoms with Crippen LogP contribution in [-0.4, -0.2) is 11.7 Å². The van der Waals surface area contributed by atoms with E-state index in [0.29, 0.717) is 6.07 Å². The number of halogens is 5. The highest BCUT2D eigenvalue weighted by Gasteiger charge is 2.18. The lowest BCUT2D eigenvalue weighted by Gasteiger charge is -2.12. The molecule has 0 aliphatic carbocycles. The van der Waals surface area contributed by atoms with Crippen molar-refractivity contribution in [1.82, 2.24) is 0 Å². The fraction of sp³-hybridized carbons (Fsp3) is 0.0714. The molecule has 0 spiro atoms. The molecule has 2 rings (SSSR count). The van der Waals surface area contributed by atoms with Gasteiger partial charge in [-0.1, -0.05) is 29.4 Å². The smallest absolute Gasteiger partial charge is 0.289 e. The van der Waals surface area contributed by atoms with Gasteiger partial charge in [-0.15, -0.1) is 0 Å². The van der Waals surface area contributed by atoms with Gasteiger partial charge in [-0.05, 0) is 24.3 Å². The Labute approximate surface area is 132 Å². The first-order chi connectivity index (χ1) is 10.4. The molecule has 0 radical (unpaired) electrons. The second-order valence-corrected chi connectivity index (χ2v) is 5.48. The van der Waals surface area contributed by atoms with Crippen LogP contribution in [0.15, 0.2) is 41.3 Å². The molecule has 8 heteroatoms. The Kier molecular flexibility index (Phi) is 5.31. The number of carbonyl (C=O) groups excluding carboxylic acids is 1. The minimum absolute atomic E-state index is 0.0199. The Morgan fingerprint density at radius 2 is 1.91 bits per heavy atom. The standard InChI is InChI=1S/C14H8ClF4NOS/c15-9-2-1-3-11(12(9)22-14(18)19)20-13(21)8-5-4-7(16)6-10(8)17/h1-6,14H,(H,20,21). The van der Waals surface area contributed by atoms with E-state index in [4.69, 9.17) is 11.6 Å². The van der Waals surface area contributed by atoms with Crippen molar-refractivity contribution in [3.63, 3.8) is 0 Å². The van der Waals surface area contributed by atoms with Gasteiger partial charge in [0.05, 0.1) is 21.2 Å². The maximum atomic E-state index is 13.5. The zero-order chi connectivity index (χ0) is 16.3. The lowest BCUT2D eigenvalue weighted by atomic mass is 10.2. The van der Waals surface area contributed by atoms with Crippen LogP contribution in [0.25, 0.3) is 0 Å². The van der Waals surface area contributed by atoms with E-state index < -0.39 is 28.9 Å². The second kappa shape index (κ2) is 7.02. The van der Waals surface area contributed by atoms with Crippen LogP contribution in [0.3, 0.4) is 0 Å². The fourth-order valence-corrected chi connectivity index (χ4v) is 2.59. The average molecular weight is 350 g/mol. The van der Waals surface area contributed by atoms with Crippen molar-refractivity contribution in [3.8, 4) is 0 Å². The van der Waals surface area contributed by atoms with E-state index in [9.17, 15) is 22.4 Å². The van der Waals surface area contributed by atoms with Gasteiger partial charge in [-0.3, -0.25) is 4.79 Å². The zero-order valence-electron chi connectivity index (χ0n) is 10.7. The number of rotatable bonds is 4. The topological polar surface area (TPSA) is 29.1 Å². The van der Waals surface area contributed by atoms with E-state index in [1.54, 1.807) is 0 Å². The number of nitrogens with one attached hydrogen (secondary N) is 1. The third-order valence-electron chi connectivity index (χ3n) is 2.60. The Morgan fingerprint density at radius 1 is 1.18 bits per heavy atom. The summed E-state index contributed by atoms with van der Waals surface area (Å²) in [6.45, 7) is 0. The van der Waals surface area contributed by atoms with Crippen LogP contribution in [0.4, 0.5) is 23.2 Å². The first-order valence-corrected chi connectivity index (χ1v) is 7.14. The SMILES string of the molecule is O=C(Nc1cccc(Cl)c1SC(F)F)c1ccc(F)cc1F. The number of amides is 1. The van der Waals surface area contributed by atoms with E-state index in [2.05, 4.69) is 5.32 Å². The molecule has 0 aliphatic heterocycles. The minimum Gasteiger partial charge on any atom is -0.321 e. The largest absolute Gasteiger partial charge is 0.321 e. The molecule has 0 saturated carbocycles. The van der Waals surface area contributed by atoms with Gasteiger partial charge in [0.1, 0.15) is 11.6 Å². The molecule has 22 heavy (non-hydrogen) atoms. The van der Waals surface area contributed by atoms with Crippen LogP contribution in [0, 0.1) is 11.6 Å². The second-order valence-electron chi connectivity index (χ2n) is 4.07. The Morgan fingerprint density at radius 3 is 2.55 bits per heavy atom. The molecule has 1 N–H and O–H groups in total. The van der Waals surface area contributed by atoms with Crippen molar-refractivity contribution in [2.45, 2.75) is 10.7 Å². The minimum atomic E-state index is -2.74. The van der Waals surface area contributed by atoms with Gasteiger partial charge in [0, 0.05) is 6.07 Å². The summed E-state index contributed by atoms with van der Waals surface area (Å²) in [6.07, 6.45) is 0. The van der Waals surface area contributed by atoms with Crippen molar-refractivity contribution in [2.75, 3.05) is 5.32 Å². The number of hydrogen-bond acceptors (Lipinski definition) is 2. The van der Waals surface area contributed by atoms with E-state index >= 15 is 0 Å². The van der Waals surface area contributed by atoms with Crippen LogP contribution in [0.1, 0.15) is 10.4 Å². The van der Waals surface area contributed by atoms with Crippen molar-refractivity contribution < 1.29 is 22.4 Å². The van der Waals surface area contributed by atoms with Gasteiger partial charge in [0.25, 0.3) is 11.7 Å². The van der Waals surface area contributed by atoms with Gasteiger partial charge >= 0.3 is 0 Å². The summed E-state index contributed by atoms with van der Waals surface area (Å²) in [6, 6.07) is 6.64. The number of carbonyl (C=O) groups is 1. The average Bonchev–Trinajstić information content (AvgIpc) is 2.42. The van der Waals surface area contributed by atoms with Gasteiger partial charge in [0.15, 0.2) is 0 Å². The zero-order valence-corrected chi connectivity index (χ0v) is 12.3. The number of hydrogen-bond donors (Lipinski definition) is 1. The highest BCUT2D eigenvalue weighted by atomic mass is 35.5. The molecule has 0 bridgehead atoms. The highest BCUT2D eigenvalue weighted by molar-refractivity contribution is 7.99. The summed E-state index contributed by atoms with van der Waals surface area (Å²) < 4.78 is 51.4. The molecule has 0 saturated heterocycles. The predicted octanol–water partition coefficient (Wildman–Crippen LogP) is 5.19. The van der Waals surface area contributed by atoms with E-state index in [1.807, 2.05) is 0 Å². The van der Waals surface area contributed by atoms with Crippen molar-refractivity contribution >= 4 is 35.0 Å². The van der Waals surface area contributed by atoms with E-state index in [1.165, 1.54) is 18.2 Å². The molecule has 0 aromatic heterocycles. The fourth-order valence-electron chi connectivity index (χ4n) is 1.68. The lowest BCUT2D eigenvalue weighted by Crippen LogP contribution is -2.14. The Bertz CT molecular complexity index is 711. The maximum absolute atomic E-state index is 13.5. The maximum Gasteiger partial charge on any atom is 0.289 e. The Hall–Kier alpha value is -1.73. The molecule has 0 aliphatic rings. The predicted molar refractivity (Wildman–Crippen MR) is 77.6 cm³/mol. The van der Waals surface area contributed by atoms with E-state index in [-0.39, 0.29) is 27.4 Å².